The van der Waals surface area contributed by atoms with Crippen molar-refractivity contribution in [3.63, 3.8) is 0 Å². The zero-order chi connectivity index (χ0) is 10.8. The number of rotatable bonds is 2. The van der Waals surface area contributed by atoms with Crippen molar-refractivity contribution in [2.24, 2.45) is 0 Å². The fourth-order valence-electron chi connectivity index (χ4n) is 2.10. The molecule has 2 rings (SSSR count). The first-order valence-corrected chi connectivity index (χ1v) is 5.91. The van der Waals surface area contributed by atoms with Crippen molar-refractivity contribution in [2.75, 3.05) is 20.7 Å². The SMILES string of the molecule is COc1ncc([C@@H]2CCCN2C)cc1Br. The van der Waals surface area contributed by atoms with Gasteiger partial charge in [-0.05, 0) is 54.0 Å². The quantitative estimate of drug-likeness (QED) is 0.826. The summed E-state index contributed by atoms with van der Waals surface area (Å²) in [7, 11) is 3.80. The molecule has 1 aromatic rings. The lowest BCUT2D eigenvalue weighted by Gasteiger charge is -2.19. The van der Waals surface area contributed by atoms with Crippen LogP contribution in [0.25, 0.3) is 0 Å². The van der Waals surface area contributed by atoms with Crippen LogP contribution >= 0.6 is 15.9 Å². The van der Waals surface area contributed by atoms with Crippen molar-refractivity contribution in [1.82, 2.24) is 9.88 Å². The van der Waals surface area contributed by atoms with Gasteiger partial charge in [0.1, 0.15) is 0 Å². The molecule has 4 heteroatoms. The van der Waals surface area contributed by atoms with Crippen LogP contribution in [0.5, 0.6) is 5.88 Å². The maximum Gasteiger partial charge on any atom is 0.227 e. The number of pyridine rings is 1. The third kappa shape index (κ3) is 2.16. The molecule has 1 aliphatic heterocycles. The topological polar surface area (TPSA) is 25.4 Å². The van der Waals surface area contributed by atoms with Gasteiger partial charge in [-0.15, -0.1) is 0 Å². The first-order valence-electron chi connectivity index (χ1n) is 5.12. The normalized spacial score (nSPS) is 21.9. The predicted octanol–water partition coefficient (Wildman–Crippen LogP) is 2.62. The smallest absolute Gasteiger partial charge is 0.227 e. The van der Waals surface area contributed by atoms with Crippen LogP contribution in [0.2, 0.25) is 0 Å². The van der Waals surface area contributed by atoms with Gasteiger partial charge in [0.15, 0.2) is 0 Å². The molecule has 2 heterocycles. The Kier molecular flexibility index (Phi) is 3.26. The average Bonchev–Trinajstić information content (AvgIpc) is 2.64. The molecular weight excluding hydrogens is 256 g/mol. The molecule has 0 aliphatic carbocycles. The number of hydrogen-bond acceptors (Lipinski definition) is 3. The van der Waals surface area contributed by atoms with Gasteiger partial charge in [0, 0.05) is 12.2 Å². The highest BCUT2D eigenvalue weighted by atomic mass is 79.9. The van der Waals surface area contributed by atoms with Crippen molar-refractivity contribution in [3.05, 3.63) is 22.3 Å². The second kappa shape index (κ2) is 4.49. The number of hydrogen-bond donors (Lipinski definition) is 0. The number of halogens is 1. The first-order chi connectivity index (χ1) is 7.22. The molecule has 0 unspecified atom stereocenters. The van der Waals surface area contributed by atoms with Gasteiger partial charge in [0.2, 0.25) is 5.88 Å². The summed E-state index contributed by atoms with van der Waals surface area (Å²) in [6, 6.07) is 2.62. The largest absolute Gasteiger partial charge is 0.480 e. The molecular formula is C11H15BrN2O. The van der Waals surface area contributed by atoms with Gasteiger partial charge in [-0.25, -0.2) is 4.98 Å². The second-order valence-corrected chi connectivity index (χ2v) is 4.75. The van der Waals surface area contributed by atoms with E-state index in [1.54, 1.807) is 7.11 Å². The van der Waals surface area contributed by atoms with Crippen molar-refractivity contribution in [1.29, 1.82) is 0 Å². The molecule has 0 amide bonds. The van der Waals surface area contributed by atoms with Crippen LogP contribution < -0.4 is 4.74 Å². The summed E-state index contributed by atoms with van der Waals surface area (Å²) in [5.74, 6) is 0.652. The highest BCUT2D eigenvalue weighted by Gasteiger charge is 2.23. The van der Waals surface area contributed by atoms with E-state index in [-0.39, 0.29) is 0 Å². The lowest BCUT2D eigenvalue weighted by atomic mass is 10.1. The zero-order valence-corrected chi connectivity index (χ0v) is 10.6. The van der Waals surface area contributed by atoms with E-state index in [1.165, 1.54) is 24.9 Å². The van der Waals surface area contributed by atoms with E-state index in [4.69, 9.17) is 4.74 Å². The molecule has 1 atom stereocenters. The molecule has 1 fully saturated rings. The highest BCUT2D eigenvalue weighted by molar-refractivity contribution is 9.10. The Hall–Kier alpha value is -0.610. The molecule has 0 spiro atoms. The summed E-state index contributed by atoms with van der Waals surface area (Å²) in [6.45, 7) is 1.17. The molecule has 82 valence electrons. The van der Waals surface area contributed by atoms with Crippen LogP contribution in [0, 0.1) is 0 Å². The van der Waals surface area contributed by atoms with Crippen LogP contribution in [0.3, 0.4) is 0 Å². The zero-order valence-electron chi connectivity index (χ0n) is 9.03. The summed E-state index contributed by atoms with van der Waals surface area (Å²) in [4.78, 5) is 6.65. The minimum absolute atomic E-state index is 0.514. The molecule has 1 aliphatic rings. The van der Waals surface area contributed by atoms with Crippen LogP contribution in [0.15, 0.2) is 16.7 Å². The van der Waals surface area contributed by atoms with Gasteiger partial charge in [0.25, 0.3) is 0 Å². The summed E-state index contributed by atoms with van der Waals surface area (Å²) in [5, 5.41) is 0. The molecule has 15 heavy (non-hydrogen) atoms. The van der Waals surface area contributed by atoms with E-state index in [1.807, 2.05) is 6.20 Å². The summed E-state index contributed by atoms with van der Waals surface area (Å²) in [5.41, 5.74) is 1.27. The van der Waals surface area contributed by atoms with E-state index in [0.717, 1.165) is 4.47 Å². The summed E-state index contributed by atoms with van der Waals surface area (Å²) >= 11 is 3.47. The monoisotopic (exact) mass is 270 g/mol. The van der Waals surface area contributed by atoms with E-state index in [2.05, 4.69) is 38.9 Å². The Balaban J connectivity index is 2.25. The fraction of sp³-hybridized carbons (Fsp3) is 0.545. The van der Waals surface area contributed by atoms with E-state index in [0.29, 0.717) is 11.9 Å². The third-order valence-corrected chi connectivity index (χ3v) is 3.50. The van der Waals surface area contributed by atoms with Gasteiger partial charge in [-0.3, -0.25) is 4.90 Å². The third-order valence-electron chi connectivity index (χ3n) is 2.93. The van der Waals surface area contributed by atoms with Crippen molar-refractivity contribution < 1.29 is 4.74 Å². The molecule has 1 aromatic heterocycles. The Morgan fingerprint density at radius 2 is 2.40 bits per heavy atom. The fourth-order valence-corrected chi connectivity index (χ4v) is 2.63. The number of methoxy groups -OCH3 is 1. The van der Waals surface area contributed by atoms with Crippen molar-refractivity contribution >= 4 is 15.9 Å². The minimum Gasteiger partial charge on any atom is -0.480 e. The second-order valence-electron chi connectivity index (χ2n) is 3.90. The van der Waals surface area contributed by atoms with Crippen molar-refractivity contribution in [3.8, 4) is 5.88 Å². The van der Waals surface area contributed by atoms with Gasteiger partial charge >= 0.3 is 0 Å². The average molecular weight is 271 g/mol. The van der Waals surface area contributed by atoms with E-state index in [9.17, 15) is 0 Å². The minimum atomic E-state index is 0.514. The van der Waals surface area contributed by atoms with Crippen LogP contribution in [0.4, 0.5) is 0 Å². The number of likely N-dealkylation sites (tertiary alicyclic amines) is 1. The molecule has 0 saturated carbocycles. The number of aromatic nitrogens is 1. The first kappa shape index (κ1) is 10.9. The standard InChI is InChI=1S/C11H15BrN2O/c1-14-5-3-4-10(14)8-6-9(12)11(15-2)13-7-8/h6-7,10H,3-5H2,1-2H3/t10-/m0/s1. The highest BCUT2D eigenvalue weighted by Crippen LogP contribution is 2.33. The van der Waals surface area contributed by atoms with Gasteiger partial charge < -0.3 is 4.74 Å². The van der Waals surface area contributed by atoms with E-state index >= 15 is 0 Å². The maximum atomic E-state index is 5.12. The molecule has 0 bridgehead atoms. The molecule has 0 radical (unpaired) electrons. The lowest BCUT2D eigenvalue weighted by molar-refractivity contribution is 0.316. The summed E-state index contributed by atoms with van der Waals surface area (Å²) < 4.78 is 6.05. The molecule has 0 aromatic carbocycles. The Labute approximate surface area is 98.6 Å². The van der Waals surface area contributed by atoms with E-state index < -0.39 is 0 Å². The summed E-state index contributed by atoms with van der Waals surface area (Å²) in [6.07, 6.45) is 4.40. The van der Waals surface area contributed by atoms with Gasteiger partial charge in [-0.2, -0.15) is 0 Å². The Bertz CT molecular complexity index is 356. The van der Waals surface area contributed by atoms with Crippen LogP contribution in [-0.2, 0) is 0 Å². The van der Waals surface area contributed by atoms with Crippen LogP contribution in [0.1, 0.15) is 24.4 Å². The molecule has 1 saturated heterocycles. The van der Waals surface area contributed by atoms with Gasteiger partial charge in [-0.1, -0.05) is 0 Å². The van der Waals surface area contributed by atoms with Crippen molar-refractivity contribution in [2.45, 2.75) is 18.9 Å². The maximum absolute atomic E-state index is 5.12. The Morgan fingerprint density at radius 1 is 1.60 bits per heavy atom. The van der Waals surface area contributed by atoms with Crippen LogP contribution in [-0.4, -0.2) is 30.6 Å². The van der Waals surface area contributed by atoms with Gasteiger partial charge in [0.05, 0.1) is 11.6 Å². The predicted molar refractivity (Wildman–Crippen MR) is 63.1 cm³/mol. The lowest BCUT2D eigenvalue weighted by Crippen LogP contribution is -2.17. The number of ether oxygens (including phenoxy) is 1. The molecule has 3 nitrogen and oxygen atoms in total. The molecule has 0 N–H and O–H groups in total. The Morgan fingerprint density at radius 3 is 2.93 bits per heavy atom. The number of nitrogens with zero attached hydrogens (tertiary/aromatic N) is 2.